The van der Waals surface area contributed by atoms with Crippen LogP contribution >= 0.6 is 0 Å². The lowest BCUT2D eigenvalue weighted by Crippen LogP contribution is -2.30. The number of nitrogens with two attached hydrogens (primary N) is 1. The van der Waals surface area contributed by atoms with Gasteiger partial charge in [0.1, 0.15) is 6.54 Å². The molecule has 0 bridgehead atoms. The van der Waals surface area contributed by atoms with Crippen LogP contribution in [0, 0.1) is 0 Å². The molecule has 0 atom stereocenters. The zero-order valence-electron chi connectivity index (χ0n) is 9.80. The smallest absolute Gasteiger partial charge is 0.358 e. The van der Waals surface area contributed by atoms with Crippen molar-refractivity contribution in [3.05, 3.63) is 11.4 Å². The standard InChI is InChI=1S/C10H15N5O3/c11-4-3-7-9(10(17)18)13-14-15(7)5-8(16)12-6-1-2-6/h6H,1-5,11H2,(H,12,16)(H,17,18). The Hall–Kier alpha value is -1.96. The van der Waals surface area contributed by atoms with Crippen molar-refractivity contribution in [1.29, 1.82) is 0 Å². The molecule has 0 aliphatic heterocycles. The van der Waals surface area contributed by atoms with Gasteiger partial charge in [-0.3, -0.25) is 4.79 Å². The summed E-state index contributed by atoms with van der Waals surface area (Å²) in [6, 6.07) is 0.262. The first kappa shape index (κ1) is 12.5. The molecule has 1 aromatic heterocycles. The third kappa shape index (κ3) is 2.83. The molecule has 1 heterocycles. The van der Waals surface area contributed by atoms with Crippen LogP contribution in [0.25, 0.3) is 0 Å². The summed E-state index contributed by atoms with van der Waals surface area (Å²) in [5, 5.41) is 19.0. The van der Waals surface area contributed by atoms with Gasteiger partial charge in [0.25, 0.3) is 0 Å². The number of carboxylic acid groups (broad SMARTS) is 1. The highest BCUT2D eigenvalue weighted by Gasteiger charge is 2.25. The summed E-state index contributed by atoms with van der Waals surface area (Å²) in [5.41, 5.74) is 5.66. The quantitative estimate of drug-likeness (QED) is 0.582. The highest BCUT2D eigenvalue weighted by atomic mass is 16.4. The average molecular weight is 253 g/mol. The first-order valence-electron chi connectivity index (χ1n) is 5.77. The molecule has 1 saturated carbocycles. The lowest BCUT2D eigenvalue weighted by Gasteiger charge is -2.06. The van der Waals surface area contributed by atoms with Crippen LogP contribution in [0.5, 0.6) is 0 Å². The van der Waals surface area contributed by atoms with Gasteiger partial charge in [-0.05, 0) is 19.4 Å². The summed E-state index contributed by atoms with van der Waals surface area (Å²) in [6.45, 7) is 0.254. The molecule has 0 saturated heterocycles. The molecule has 1 amide bonds. The zero-order valence-corrected chi connectivity index (χ0v) is 9.80. The molecule has 0 radical (unpaired) electrons. The van der Waals surface area contributed by atoms with Crippen LogP contribution in [0.4, 0.5) is 0 Å². The fraction of sp³-hybridized carbons (Fsp3) is 0.600. The molecular formula is C10H15N5O3. The molecule has 1 aromatic rings. The van der Waals surface area contributed by atoms with E-state index in [1.807, 2.05) is 0 Å². The molecule has 1 fully saturated rings. The van der Waals surface area contributed by atoms with Crippen molar-refractivity contribution in [2.45, 2.75) is 31.8 Å². The minimum absolute atomic E-state index is 0.0217. The highest BCUT2D eigenvalue weighted by molar-refractivity contribution is 5.86. The third-order valence-corrected chi connectivity index (χ3v) is 2.66. The number of carbonyl (C=O) groups excluding carboxylic acids is 1. The number of carboxylic acids is 1. The third-order valence-electron chi connectivity index (χ3n) is 2.66. The largest absolute Gasteiger partial charge is 0.476 e. The van der Waals surface area contributed by atoms with Gasteiger partial charge in [-0.1, -0.05) is 5.21 Å². The number of carbonyl (C=O) groups is 2. The lowest BCUT2D eigenvalue weighted by atomic mass is 10.2. The van der Waals surface area contributed by atoms with Gasteiger partial charge in [0.05, 0.1) is 5.69 Å². The Bertz CT molecular complexity index is 466. The van der Waals surface area contributed by atoms with Crippen LogP contribution in [0.2, 0.25) is 0 Å². The van der Waals surface area contributed by atoms with Gasteiger partial charge in [0.15, 0.2) is 5.69 Å². The Kier molecular flexibility index (Phi) is 3.56. The molecule has 18 heavy (non-hydrogen) atoms. The van der Waals surface area contributed by atoms with E-state index in [1.165, 1.54) is 4.68 Å². The minimum atomic E-state index is -1.16. The monoisotopic (exact) mass is 253 g/mol. The number of rotatable bonds is 6. The molecule has 0 spiro atoms. The van der Waals surface area contributed by atoms with Gasteiger partial charge in [-0.15, -0.1) is 5.10 Å². The summed E-state index contributed by atoms with van der Waals surface area (Å²) in [7, 11) is 0. The summed E-state index contributed by atoms with van der Waals surface area (Å²) >= 11 is 0. The summed E-state index contributed by atoms with van der Waals surface area (Å²) in [5.74, 6) is -1.34. The van der Waals surface area contributed by atoms with E-state index in [1.54, 1.807) is 0 Å². The lowest BCUT2D eigenvalue weighted by molar-refractivity contribution is -0.122. The van der Waals surface area contributed by atoms with Crippen molar-refractivity contribution in [1.82, 2.24) is 20.3 Å². The van der Waals surface area contributed by atoms with Crippen LogP contribution in [-0.4, -0.2) is 44.6 Å². The van der Waals surface area contributed by atoms with E-state index in [4.69, 9.17) is 10.8 Å². The Morgan fingerprint density at radius 2 is 2.22 bits per heavy atom. The summed E-state index contributed by atoms with van der Waals surface area (Å²) in [6.07, 6.45) is 2.32. The van der Waals surface area contributed by atoms with Crippen LogP contribution < -0.4 is 11.1 Å². The maximum absolute atomic E-state index is 11.6. The average Bonchev–Trinajstić information content (AvgIpc) is 3.02. The van der Waals surface area contributed by atoms with Crippen molar-refractivity contribution in [2.75, 3.05) is 6.54 Å². The van der Waals surface area contributed by atoms with Crippen molar-refractivity contribution in [3.8, 4) is 0 Å². The molecule has 0 unspecified atom stereocenters. The highest BCUT2D eigenvalue weighted by Crippen LogP contribution is 2.18. The number of aromatic carboxylic acids is 1. The molecule has 8 heteroatoms. The van der Waals surface area contributed by atoms with E-state index in [2.05, 4.69) is 15.6 Å². The predicted molar refractivity (Wildman–Crippen MR) is 60.9 cm³/mol. The summed E-state index contributed by atoms with van der Waals surface area (Å²) in [4.78, 5) is 22.5. The number of hydrogen-bond acceptors (Lipinski definition) is 5. The number of nitrogens with zero attached hydrogens (tertiary/aromatic N) is 3. The maximum Gasteiger partial charge on any atom is 0.358 e. The second-order valence-corrected chi connectivity index (χ2v) is 4.23. The topological polar surface area (TPSA) is 123 Å². The van der Waals surface area contributed by atoms with Gasteiger partial charge in [0.2, 0.25) is 5.91 Å². The van der Waals surface area contributed by atoms with Crippen LogP contribution in [0.1, 0.15) is 29.0 Å². The van der Waals surface area contributed by atoms with E-state index in [9.17, 15) is 9.59 Å². The number of amides is 1. The van der Waals surface area contributed by atoms with Gasteiger partial charge in [-0.25, -0.2) is 9.48 Å². The first-order valence-corrected chi connectivity index (χ1v) is 5.77. The molecular weight excluding hydrogens is 238 g/mol. The minimum Gasteiger partial charge on any atom is -0.476 e. The molecule has 8 nitrogen and oxygen atoms in total. The van der Waals surface area contributed by atoms with Crippen molar-refractivity contribution in [3.63, 3.8) is 0 Å². The van der Waals surface area contributed by atoms with E-state index in [0.717, 1.165) is 12.8 Å². The number of aromatic nitrogens is 3. The Balaban J connectivity index is 2.10. The van der Waals surface area contributed by atoms with Gasteiger partial charge < -0.3 is 16.2 Å². The SMILES string of the molecule is NCCc1c(C(=O)O)nnn1CC(=O)NC1CC1. The number of hydrogen-bond donors (Lipinski definition) is 3. The van der Waals surface area contributed by atoms with Gasteiger partial charge >= 0.3 is 5.97 Å². The predicted octanol–water partition coefficient (Wildman–Crippen LogP) is -1.24. The zero-order chi connectivity index (χ0) is 13.1. The number of nitrogens with one attached hydrogen (secondary N) is 1. The van der Waals surface area contributed by atoms with Gasteiger partial charge in [0, 0.05) is 12.5 Å². The van der Waals surface area contributed by atoms with Crippen LogP contribution in [0.15, 0.2) is 0 Å². The fourth-order valence-electron chi connectivity index (χ4n) is 1.65. The molecule has 1 aliphatic carbocycles. The van der Waals surface area contributed by atoms with Crippen molar-refractivity contribution < 1.29 is 14.7 Å². The van der Waals surface area contributed by atoms with Crippen LogP contribution in [-0.2, 0) is 17.8 Å². The molecule has 0 aromatic carbocycles. The van der Waals surface area contributed by atoms with E-state index in [-0.39, 0.29) is 30.7 Å². The first-order chi connectivity index (χ1) is 8.61. The fourth-order valence-corrected chi connectivity index (χ4v) is 1.65. The normalized spacial score (nSPS) is 14.5. The summed E-state index contributed by atoms with van der Waals surface area (Å²) < 4.78 is 1.30. The Morgan fingerprint density at radius 3 is 2.78 bits per heavy atom. The van der Waals surface area contributed by atoms with Crippen molar-refractivity contribution in [2.24, 2.45) is 5.73 Å². The Labute approximate surface area is 103 Å². The van der Waals surface area contributed by atoms with Crippen LogP contribution in [0.3, 0.4) is 0 Å². The van der Waals surface area contributed by atoms with E-state index in [0.29, 0.717) is 12.1 Å². The molecule has 1 aliphatic rings. The van der Waals surface area contributed by atoms with E-state index < -0.39 is 5.97 Å². The maximum atomic E-state index is 11.6. The molecule has 4 N–H and O–H groups in total. The molecule has 98 valence electrons. The van der Waals surface area contributed by atoms with Crippen molar-refractivity contribution >= 4 is 11.9 Å². The second kappa shape index (κ2) is 5.13. The molecule has 2 rings (SSSR count). The van der Waals surface area contributed by atoms with Gasteiger partial charge in [-0.2, -0.15) is 0 Å². The van der Waals surface area contributed by atoms with E-state index >= 15 is 0 Å². The second-order valence-electron chi connectivity index (χ2n) is 4.23. The Morgan fingerprint density at radius 1 is 1.50 bits per heavy atom.